The van der Waals surface area contributed by atoms with E-state index in [1.807, 2.05) is 0 Å². The minimum atomic E-state index is -3.50. The van der Waals surface area contributed by atoms with Crippen LogP contribution in [0.3, 0.4) is 0 Å². The minimum absolute atomic E-state index is 0.283. The molecule has 0 N–H and O–H groups in total. The van der Waals surface area contributed by atoms with E-state index >= 15 is 0 Å². The molecule has 1 aliphatic heterocycles. The van der Waals surface area contributed by atoms with E-state index in [0.717, 1.165) is 31.4 Å². The Morgan fingerprint density at radius 3 is 2.62 bits per heavy atom. The van der Waals surface area contributed by atoms with Gasteiger partial charge in [0, 0.05) is 26.2 Å². The van der Waals surface area contributed by atoms with Crippen LogP contribution in [0.4, 0.5) is 0 Å². The second kappa shape index (κ2) is 7.86. The number of fused-ring (bicyclic) bond motifs is 1. The molecule has 1 aromatic carbocycles. The van der Waals surface area contributed by atoms with Crippen molar-refractivity contribution in [2.24, 2.45) is 0 Å². The molecule has 3 rings (SSSR count). The number of unbranched alkanes of at least 4 members (excludes halogenated alkanes) is 3. The van der Waals surface area contributed by atoms with Crippen molar-refractivity contribution in [3.05, 3.63) is 18.2 Å². The molecule has 0 atom stereocenters. The third-order valence-corrected chi connectivity index (χ3v) is 7.00. The van der Waals surface area contributed by atoms with Gasteiger partial charge in [-0.3, -0.25) is 0 Å². The highest BCUT2D eigenvalue weighted by atomic mass is 32.2. The molecule has 0 unspecified atom stereocenters. The molecular formula is C16H24N4O2S2. The predicted octanol–water partition coefficient (Wildman–Crippen LogP) is 2.58. The number of sulfonamides is 1. The average molecular weight is 369 g/mol. The summed E-state index contributed by atoms with van der Waals surface area (Å²) in [7, 11) is -3.50. The molecular weight excluding hydrogens is 344 g/mol. The van der Waals surface area contributed by atoms with Gasteiger partial charge in [0.05, 0.1) is 11.7 Å². The van der Waals surface area contributed by atoms with Crippen molar-refractivity contribution in [1.29, 1.82) is 0 Å². The van der Waals surface area contributed by atoms with Gasteiger partial charge < -0.3 is 4.90 Å². The molecule has 2 heterocycles. The minimum Gasteiger partial charge on any atom is -0.301 e. The fraction of sp³-hybridized carbons (Fsp3) is 0.625. The topological polar surface area (TPSA) is 66.4 Å². The summed E-state index contributed by atoms with van der Waals surface area (Å²) in [6.07, 6.45) is 4.97. The Morgan fingerprint density at radius 1 is 1.08 bits per heavy atom. The van der Waals surface area contributed by atoms with Crippen molar-refractivity contribution in [2.75, 3.05) is 32.7 Å². The summed E-state index contributed by atoms with van der Waals surface area (Å²) in [5.74, 6) is 0. The maximum atomic E-state index is 12.9. The highest BCUT2D eigenvalue weighted by Crippen LogP contribution is 2.25. The van der Waals surface area contributed by atoms with Crippen LogP contribution in [0, 0.1) is 0 Å². The molecule has 1 aliphatic rings. The molecule has 0 amide bonds. The fourth-order valence-electron chi connectivity index (χ4n) is 3.08. The monoisotopic (exact) mass is 368 g/mol. The van der Waals surface area contributed by atoms with E-state index in [-0.39, 0.29) is 4.90 Å². The van der Waals surface area contributed by atoms with Gasteiger partial charge in [-0.25, -0.2) is 8.42 Å². The molecule has 0 aliphatic carbocycles. The third-order valence-electron chi connectivity index (χ3n) is 4.53. The van der Waals surface area contributed by atoms with Gasteiger partial charge in [0.25, 0.3) is 0 Å². The Bertz CT molecular complexity index is 767. The largest absolute Gasteiger partial charge is 0.301 e. The quantitative estimate of drug-likeness (QED) is 0.703. The summed E-state index contributed by atoms with van der Waals surface area (Å²) >= 11 is 1.05. The lowest BCUT2D eigenvalue weighted by molar-refractivity contribution is 0.185. The van der Waals surface area contributed by atoms with E-state index in [0.29, 0.717) is 24.1 Å². The summed E-state index contributed by atoms with van der Waals surface area (Å²) in [4.78, 5) is 2.65. The van der Waals surface area contributed by atoms with Crippen molar-refractivity contribution >= 4 is 32.8 Å². The van der Waals surface area contributed by atoms with Gasteiger partial charge >= 0.3 is 0 Å². The first-order valence-electron chi connectivity index (χ1n) is 8.56. The van der Waals surface area contributed by atoms with Crippen LogP contribution in [-0.2, 0) is 10.0 Å². The van der Waals surface area contributed by atoms with Gasteiger partial charge in [0.2, 0.25) is 10.0 Å². The Hall–Kier alpha value is -1.09. The second-order valence-corrected chi connectivity index (χ2v) is 8.63. The van der Waals surface area contributed by atoms with Gasteiger partial charge in [-0.05, 0) is 25.1 Å². The van der Waals surface area contributed by atoms with Crippen LogP contribution in [0.1, 0.15) is 32.6 Å². The van der Waals surface area contributed by atoms with E-state index in [2.05, 4.69) is 20.6 Å². The molecule has 6 nitrogen and oxygen atoms in total. The number of rotatable bonds is 7. The van der Waals surface area contributed by atoms with Crippen molar-refractivity contribution in [2.45, 2.75) is 37.5 Å². The summed E-state index contributed by atoms with van der Waals surface area (Å²) in [6.45, 7) is 5.98. The lowest BCUT2D eigenvalue weighted by Crippen LogP contribution is -2.48. The molecule has 2 aromatic rings. The van der Waals surface area contributed by atoms with E-state index < -0.39 is 10.0 Å². The summed E-state index contributed by atoms with van der Waals surface area (Å²) < 4.78 is 35.8. The molecule has 1 fully saturated rings. The Labute approximate surface area is 147 Å². The number of hydrogen-bond acceptors (Lipinski definition) is 6. The smallest absolute Gasteiger partial charge is 0.245 e. The van der Waals surface area contributed by atoms with E-state index in [9.17, 15) is 8.42 Å². The van der Waals surface area contributed by atoms with Crippen molar-refractivity contribution < 1.29 is 8.42 Å². The van der Waals surface area contributed by atoms with Gasteiger partial charge in [-0.2, -0.15) is 13.1 Å². The SMILES string of the molecule is CCCCCCN1CCN(S(=O)(=O)c2cccc3nsnc23)CC1. The molecule has 1 saturated heterocycles. The van der Waals surface area contributed by atoms with E-state index in [4.69, 9.17) is 0 Å². The zero-order valence-electron chi connectivity index (χ0n) is 14.0. The second-order valence-electron chi connectivity index (χ2n) is 6.19. The Balaban J connectivity index is 1.64. The first kappa shape index (κ1) is 17.7. The van der Waals surface area contributed by atoms with Gasteiger partial charge in [0.1, 0.15) is 15.9 Å². The van der Waals surface area contributed by atoms with Crippen molar-refractivity contribution in [3.8, 4) is 0 Å². The molecule has 0 spiro atoms. The average Bonchev–Trinajstić information content (AvgIpc) is 3.07. The zero-order chi connectivity index (χ0) is 17.0. The maximum Gasteiger partial charge on any atom is 0.245 e. The number of piperazine rings is 1. The molecule has 8 heteroatoms. The molecule has 132 valence electrons. The molecule has 0 radical (unpaired) electrons. The van der Waals surface area contributed by atoms with Crippen molar-refractivity contribution in [1.82, 2.24) is 18.0 Å². The number of benzene rings is 1. The highest BCUT2D eigenvalue weighted by Gasteiger charge is 2.30. The lowest BCUT2D eigenvalue weighted by Gasteiger charge is -2.34. The molecule has 0 bridgehead atoms. The maximum absolute atomic E-state index is 12.9. The number of hydrogen-bond donors (Lipinski definition) is 0. The first-order chi connectivity index (χ1) is 11.6. The molecule has 24 heavy (non-hydrogen) atoms. The van der Waals surface area contributed by atoms with Crippen LogP contribution in [0.2, 0.25) is 0 Å². The number of aromatic nitrogens is 2. The van der Waals surface area contributed by atoms with Gasteiger partial charge in [0.15, 0.2) is 0 Å². The van der Waals surface area contributed by atoms with Crippen molar-refractivity contribution in [3.63, 3.8) is 0 Å². The standard InChI is InChI=1S/C16H24N4O2S2/c1-2-3-4-5-9-19-10-12-20(13-11-19)24(21,22)15-8-6-7-14-16(15)18-23-17-14/h6-8H,2-5,9-13H2,1H3. The normalized spacial score (nSPS) is 17.5. The zero-order valence-corrected chi connectivity index (χ0v) is 15.7. The van der Waals surface area contributed by atoms with Crippen LogP contribution in [-0.4, -0.2) is 59.1 Å². The fourth-order valence-corrected chi connectivity index (χ4v) is 5.26. The van der Waals surface area contributed by atoms with Crippen LogP contribution >= 0.6 is 11.7 Å². The Morgan fingerprint density at radius 2 is 1.88 bits per heavy atom. The highest BCUT2D eigenvalue weighted by molar-refractivity contribution is 7.89. The number of nitrogens with zero attached hydrogens (tertiary/aromatic N) is 4. The predicted molar refractivity (Wildman–Crippen MR) is 96.8 cm³/mol. The molecule has 1 aromatic heterocycles. The first-order valence-corrected chi connectivity index (χ1v) is 10.7. The lowest BCUT2D eigenvalue weighted by atomic mass is 10.2. The van der Waals surface area contributed by atoms with Crippen LogP contribution < -0.4 is 0 Å². The molecule has 0 saturated carbocycles. The summed E-state index contributed by atoms with van der Waals surface area (Å²) in [5, 5.41) is 0. The van der Waals surface area contributed by atoms with Gasteiger partial charge in [-0.15, -0.1) is 0 Å². The summed E-state index contributed by atoms with van der Waals surface area (Å²) in [5.41, 5.74) is 1.14. The van der Waals surface area contributed by atoms with Crippen LogP contribution in [0.25, 0.3) is 11.0 Å². The van der Waals surface area contributed by atoms with Crippen LogP contribution in [0.5, 0.6) is 0 Å². The van der Waals surface area contributed by atoms with Crippen LogP contribution in [0.15, 0.2) is 23.1 Å². The Kier molecular flexibility index (Phi) is 5.80. The van der Waals surface area contributed by atoms with E-state index in [1.165, 1.54) is 25.7 Å². The summed E-state index contributed by atoms with van der Waals surface area (Å²) in [6, 6.07) is 5.17. The third kappa shape index (κ3) is 3.77. The van der Waals surface area contributed by atoms with E-state index in [1.54, 1.807) is 22.5 Å². The van der Waals surface area contributed by atoms with Gasteiger partial charge in [-0.1, -0.05) is 32.3 Å².